The highest BCUT2D eigenvalue weighted by Gasteiger charge is 2.30. The average Bonchev–Trinajstić information content (AvgIpc) is 2.62. The smallest absolute Gasteiger partial charge is 0.356 e. The van der Waals surface area contributed by atoms with Crippen molar-refractivity contribution in [1.82, 2.24) is 9.97 Å². The number of carbonyl (C=O) groups is 1. The molecular formula is C10H16N2O3. The van der Waals surface area contributed by atoms with Crippen molar-refractivity contribution >= 4 is 5.97 Å². The first-order valence-electron chi connectivity index (χ1n) is 4.67. The molecule has 0 bridgehead atoms. The summed E-state index contributed by atoms with van der Waals surface area (Å²) in [7, 11) is 1.29. The van der Waals surface area contributed by atoms with Crippen LogP contribution in [0.25, 0.3) is 0 Å². The molecule has 1 aromatic heterocycles. The maximum Gasteiger partial charge on any atom is 0.356 e. The van der Waals surface area contributed by atoms with Crippen molar-refractivity contribution in [3.05, 3.63) is 17.7 Å². The molecule has 15 heavy (non-hydrogen) atoms. The second-order valence-corrected chi connectivity index (χ2v) is 4.42. The number of carbonyl (C=O) groups excluding carboxylic acids is 1. The van der Waals surface area contributed by atoms with E-state index in [0.29, 0.717) is 5.69 Å². The Morgan fingerprint density at radius 3 is 2.67 bits per heavy atom. The lowest BCUT2D eigenvalue weighted by Crippen LogP contribution is -2.21. The van der Waals surface area contributed by atoms with Crippen LogP contribution in [-0.2, 0) is 4.74 Å². The van der Waals surface area contributed by atoms with Gasteiger partial charge in [0.05, 0.1) is 13.4 Å². The minimum absolute atomic E-state index is 0.208. The minimum atomic E-state index is -0.808. The first-order valence-corrected chi connectivity index (χ1v) is 4.67. The van der Waals surface area contributed by atoms with Crippen molar-refractivity contribution < 1.29 is 14.6 Å². The summed E-state index contributed by atoms with van der Waals surface area (Å²) in [5.74, 6) is -0.522. The molecule has 0 amide bonds. The van der Waals surface area contributed by atoms with Crippen LogP contribution >= 0.6 is 0 Å². The van der Waals surface area contributed by atoms with Gasteiger partial charge in [0.2, 0.25) is 0 Å². The third-order valence-electron chi connectivity index (χ3n) is 2.14. The van der Waals surface area contributed by atoms with Crippen LogP contribution < -0.4 is 0 Å². The third-order valence-corrected chi connectivity index (χ3v) is 2.14. The molecule has 0 aliphatic carbocycles. The molecule has 84 valence electrons. The van der Waals surface area contributed by atoms with E-state index in [1.165, 1.54) is 13.4 Å². The van der Waals surface area contributed by atoms with E-state index in [-0.39, 0.29) is 11.1 Å². The summed E-state index contributed by atoms with van der Waals surface area (Å²) in [5, 5.41) is 9.98. The predicted octanol–water partition coefficient (Wildman–Crippen LogP) is 1.28. The van der Waals surface area contributed by atoms with Gasteiger partial charge in [-0.1, -0.05) is 20.8 Å². The monoisotopic (exact) mass is 212 g/mol. The van der Waals surface area contributed by atoms with Crippen LogP contribution in [0.2, 0.25) is 0 Å². The zero-order valence-corrected chi connectivity index (χ0v) is 9.37. The number of ether oxygens (including phenoxy) is 1. The van der Waals surface area contributed by atoms with Gasteiger partial charge in [-0.05, 0) is 5.41 Å². The van der Waals surface area contributed by atoms with Crippen LogP contribution in [0.5, 0.6) is 0 Å². The predicted molar refractivity (Wildman–Crippen MR) is 54.3 cm³/mol. The standard InChI is InChI=1S/C10H16N2O3/c1-10(2,3)8(13)6-7(9(14)15-4)12-5-11-6/h5,8,13H,1-4H3,(H,11,12). The number of aromatic amines is 1. The Morgan fingerprint density at radius 1 is 1.60 bits per heavy atom. The number of imidazole rings is 1. The topological polar surface area (TPSA) is 75.2 Å². The number of esters is 1. The van der Waals surface area contributed by atoms with E-state index in [0.717, 1.165) is 0 Å². The van der Waals surface area contributed by atoms with Crippen molar-refractivity contribution in [2.45, 2.75) is 26.9 Å². The molecular weight excluding hydrogens is 196 g/mol. The Morgan fingerprint density at radius 2 is 2.20 bits per heavy atom. The number of hydrogen-bond acceptors (Lipinski definition) is 4. The second kappa shape index (κ2) is 4.02. The fourth-order valence-electron chi connectivity index (χ4n) is 1.19. The van der Waals surface area contributed by atoms with Gasteiger partial charge in [0.15, 0.2) is 5.69 Å². The third kappa shape index (κ3) is 2.36. The lowest BCUT2D eigenvalue weighted by molar-refractivity contribution is 0.0502. The zero-order chi connectivity index (χ0) is 11.6. The number of aliphatic hydroxyl groups is 1. The first-order chi connectivity index (χ1) is 6.88. The van der Waals surface area contributed by atoms with E-state index >= 15 is 0 Å². The maximum absolute atomic E-state index is 11.3. The minimum Gasteiger partial charge on any atom is -0.464 e. The van der Waals surface area contributed by atoms with Gasteiger partial charge in [-0.15, -0.1) is 0 Å². The summed E-state index contributed by atoms with van der Waals surface area (Å²) < 4.78 is 4.58. The largest absolute Gasteiger partial charge is 0.464 e. The molecule has 5 heteroatoms. The summed E-state index contributed by atoms with van der Waals surface area (Å²) in [5.41, 5.74) is 0.159. The average molecular weight is 212 g/mol. The van der Waals surface area contributed by atoms with Crippen LogP contribution in [0.15, 0.2) is 6.33 Å². The van der Waals surface area contributed by atoms with E-state index in [9.17, 15) is 9.90 Å². The van der Waals surface area contributed by atoms with Gasteiger partial charge in [-0.25, -0.2) is 9.78 Å². The molecule has 0 aliphatic rings. The molecule has 1 heterocycles. The molecule has 2 N–H and O–H groups in total. The summed E-state index contributed by atoms with van der Waals surface area (Å²) in [6, 6.07) is 0. The number of methoxy groups -OCH3 is 1. The number of rotatable bonds is 2. The lowest BCUT2D eigenvalue weighted by Gasteiger charge is -2.24. The van der Waals surface area contributed by atoms with Crippen LogP contribution in [0.4, 0.5) is 0 Å². The number of H-pyrrole nitrogens is 1. The van der Waals surface area contributed by atoms with E-state index in [1.807, 2.05) is 20.8 Å². The van der Waals surface area contributed by atoms with Gasteiger partial charge in [0.1, 0.15) is 11.8 Å². The van der Waals surface area contributed by atoms with Crippen LogP contribution in [0.1, 0.15) is 43.1 Å². The summed E-state index contributed by atoms with van der Waals surface area (Å²) in [6.45, 7) is 5.61. The van der Waals surface area contributed by atoms with Crippen molar-refractivity contribution in [2.75, 3.05) is 7.11 Å². The van der Waals surface area contributed by atoms with E-state index < -0.39 is 12.1 Å². The normalized spacial score (nSPS) is 13.7. The zero-order valence-electron chi connectivity index (χ0n) is 9.37. The number of hydrogen-bond donors (Lipinski definition) is 2. The summed E-state index contributed by atoms with van der Waals surface area (Å²) >= 11 is 0. The molecule has 1 rings (SSSR count). The van der Waals surface area contributed by atoms with Crippen LogP contribution in [-0.4, -0.2) is 28.2 Å². The van der Waals surface area contributed by atoms with Crippen molar-refractivity contribution in [3.63, 3.8) is 0 Å². The van der Waals surface area contributed by atoms with E-state index in [4.69, 9.17) is 0 Å². The van der Waals surface area contributed by atoms with Gasteiger partial charge in [-0.2, -0.15) is 0 Å². The number of aliphatic hydroxyl groups excluding tert-OH is 1. The maximum atomic E-state index is 11.3. The van der Waals surface area contributed by atoms with Crippen LogP contribution in [0, 0.1) is 5.41 Å². The molecule has 5 nitrogen and oxygen atoms in total. The summed E-state index contributed by atoms with van der Waals surface area (Å²) in [4.78, 5) is 17.9. The number of nitrogens with one attached hydrogen (secondary N) is 1. The summed E-state index contributed by atoms with van der Waals surface area (Å²) in [6.07, 6.45) is 0.564. The van der Waals surface area contributed by atoms with Gasteiger partial charge < -0.3 is 14.8 Å². The fraction of sp³-hybridized carbons (Fsp3) is 0.600. The Balaban J connectivity index is 3.05. The van der Waals surface area contributed by atoms with Gasteiger partial charge >= 0.3 is 5.97 Å². The van der Waals surface area contributed by atoms with Crippen molar-refractivity contribution in [3.8, 4) is 0 Å². The molecule has 0 radical (unpaired) electrons. The van der Waals surface area contributed by atoms with Gasteiger partial charge in [0.25, 0.3) is 0 Å². The van der Waals surface area contributed by atoms with E-state index in [2.05, 4.69) is 14.7 Å². The lowest BCUT2D eigenvalue weighted by atomic mass is 9.86. The molecule has 1 atom stereocenters. The van der Waals surface area contributed by atoms with Crippen LogP contribution in [0.3, 0.4) is 0 Å². The Kier molecular flexibility index (Phi) is 3.14. The Hall–Kier alpha value is -1.36. The molecule has 1 unspecified atom stereocenters. The van der Waals surface area contributed by atoms with Crippen molar-refractivity contribution in [1.29, 1.82) is 0 Å². The first kappa shape index (κ1) is 11.7. The molecule has 0 spiro atoms. The fourth-order valence-corrected chi connectivity index (χ4v) is 1.19. The highest BCUT2D eigenvalue weighted by molar-refractivity contribution is 5.88. The molecule has 0 fully saturated rings. The highest BCUT2D eigenvalue weighted by atomic mass is 16.5. The second-order valence-electron chi connectivity index (χ2n) is 4.42. The van der Waals surface area contributed by atoms with Crippen molar-refractivity contribution in [2.24, 2.45) is 5.41 Å². The van der Waals surface area contributed by atoms with Gasteiger partial charge in [0, 0.05) is 0 Å². The molecule has 0 aromatic carbocycles. The van der Waals surface area contributed by atoms with E-state index in [1.54, 1.807) is 0 Å². The molecule has 0 saturated heterocycles. The quantitative estimate of drug-likeness (QED) is 0.724. The van der Waals surface area contributed by atoms with Gasteiger partial charge in [-0.3, -0.25) is 0 Å². The SMILES string of the molecule is COC(=O)c1[nH]cnc1C(O)C(C)(C)C. The Bertz CT molecular complexity index is 352. The number of nitrogens with zero attached hydrogens (tertiary/aromatic N) is 1. The molecule has 0 aliphatic heterocycles. The Labute approximate surface area is 88.5 Å². The highest BCUT2D eigenvalue weighted by Crippen LogP contribution is 2.32. The number of aromatic nitrogens is 2. The molecule has 1 aromatic rings. The molecule has 0 saturated carbocycles.